The fourth-order valence-electron chi connectivity index (χ4n) is 2.01. The Bertz CT molecular complexity index is 626. The van der Waals surface area contributed by atoms with Crippen molar-refractivity contribution >= 4 is 5.97 Å². The van der Waals surface area contributed by atoms with Gasteiger partial charge >= 0.3 is 11.7 Å². The Morgan fingerprint density at radius 2 is 1.76 bits per heavy atom. The lowest BCUT2D eigenvalue weighted by Crippen LogP contribution is -2.45. The highest BCUT2D eigenvalue weighted by atomic mass is 16.5. The first-order chi connectivity index (χ1) is 9.66. The van der Waals surface area contributed by atoms with Crippen molar-refractivity contribution in [2.24, 2.45) is 11.8 Å². The maximum absolute atomic E-state index is 12.3. The van der Waals surface area contributed by atoms with Crippen LogP contribution in [0.3, 0.4) is 0 Å². The Kier molecular flexibility index (Phi) is 5.52. The van der Waals surface area contributed by atoms with Crippen molar-refractivity contribution in [3.8, 4) is 0 Å². The van der Waals surface area contributed by atoms with Crippen LogP contribution in [0, 0.1) is 25.7 Å². The van der Waals surface area contributed by atoms with Crippen LogP contribution >= 0.6 is 0 Å². The third-order valence-electron chi connectivity index (χ3n) is 3.33. The monoisotopic (exact) mass is 296 g/mol. The summed E-state index contributed by atoms with van der Waals surface area (Å²) in [6.45, 7) is 11.0. The number of nitrogens with one attached hydrogen (secondary N) is 1. The maximum atomic E-state index is 12.3. The van der Waals surface area contributed by atoms with Crippen LogP contribution < -0.4 is 11.2 Å². The number of ether oxygens (including phenoxy) is 1. The van der Waals surface area contributed by atoms with Gasteiger partial charge in [0.2, 0.25) is 0 Å². The highest BCUT2D eigenvalue weighted by molar-refractivity contribution is 5.74. The molecule has 21 heavy (non-hydrogen) atoms. The predicted octanol–water partition coefficient (Wildman–Crippen LogP) is 1.55. The predicted molar refractivity (Wildman–Crippen MR) is 80.5 cm³/mol. The largest absolute Gasteiger partial charge is 0.464 e. The Morgan fingerprint density at radius 1 is 1.19 bits per heavy atom. The van der Waals surface area contributed by atoms with Gasteiger partial charge in [0.15, 0.2) is 0 Å². The number of aromatic nitrogens is 2. The van der Waals surface area contributed by atoms with E-state index in [1.54, 1.807) is 27.7 Å². The average Bonchev–Trinajstić information content (AvgIpc) is 2.37. The standard InChI is InChI=1S/C15H24N2O4/c1-8(2)7-21-14(19)12(9(3)4)17-13(18)10(5)11(6)16-15(17)20/h8-9,12H,7H2,1-6H3,(H,16,20). The minimum absolute atomic E-state index is 0.191. The third kappa shape index (κ3) is 3.83. The Hall–Kier alpha value is -1.85. The molecular formula is C15H24N2O4. The third-order valence-corrected chi connectivity index (χ3v) is 3.33. The molecule has 0 aliphatic heterocycles. The molecule has 0 fully saturated rings. The zero-order valence-electron chi connectivity index (χ0n) is 13.5. The molecule has 1 aromatic heterocycles. The highest BCUT2D eigenvalue weighted by Crippen LogP contribution is 2.17. The fraction of sp³-hybridized carbons (Fsp3) is 0.667. The van der Waals surface area contributed by atoms with E-state index in [1.165, 1.54) is 0 Å². The van der Waals surface area contributed by atoms with Gasteiger partial charge in [0.05, 0.1) is 6.61 Å². The summed E-state index contributed by atoms with van der Waals surface area (Å²) in [6.07, 6.45) is 0. The van der Waals surface area contributed by atoms with E-state index in [2.05, 4.69) is 4.98 Å². The number of carbonyl (C=O) groups is 1. The van der Waals surface area contributed by atoms with Gasteiger partial charge in [0.1, 0.15) is 6.04 Å². The lowest BCUT2D eigenvalue weighted by Gasteiger charge is -2.22. The maximum Gasteiger partial charge on any atom is 0.329 e. The van der Waals surface area contributed by atoms with Gasteiger partial charge in [-0.25, -0.2) is 14.2 Å². The summed E-state index contributed by atoms with van der Waals surface area (Å²) in [7, 11) is 0. The van der Waals surface area contributed by atoms with Crippen LogP contribution in [-0.2, 0) is 9.53 Å². The summed E-state index contributed by atoms with van der Waals surface area (Å²) in [5.74, 6) is -0.586. The molecule has 0 aromatic carbocycles. The number of hydrogen-bond acceptors (Lipinski definition) is 4. The van der Waals surface area contributed by atoms with Crippen molar-refractivity contribution in [3.05, 3.63) is 32.1 Å². The molecule has 0 amide bonds. The quantitative estimate of drug-likeness (QED) is 0.836. The number of aryl methyl sites for hydroxylation is 1. The molecule has 6 heteroatoms. The van der Waals surface area contributed by atoms with Crippen LogP contribution in [0.2, 0.25) is 0 Å². The highest BCUT2D eigenvalue weighted by Gasteiger charge is 2.29. The first kappa shape index (κ1) is 17.2. The van der Waals surface area contributed by atoms with E-state index in [-0.39, 0.29) is 18.4 Å². The van der Waals surface area contributed by atoms with Gasteiger partial charge in [-0.3, -0.25) is 4.79 Å². The number of hydrogen-bond donors (Lipinski definition) is 1. The molecule has 1 atom stereocenters. The molecule has 0 saturated heterocycles. The van der Waals surface area contributed by atoms with E-state index in [1.807, 2.05) is 13.8 Å². The van der Waals surface area contributed by atoms with Gasteiger partial charge in [-0.15, -0.1) is 0 Å². The summed E-state index contributed by atoms with van der Waals surface area (Å²) in [6, 6.07) is -0.917. The zero-order valence-corrected chi connectivity index (χ0v) is 13.5. The Labute approximate surface area is 124 Å². The SMILES string of the molecule is Cc1[nH]c(=O)n(C(C(=O)OCC(C)C)C(C)C)c(=O)c1C. The van der Waals surface area contributed by atoms with Gasteiger partial charge in [0, 0.05) is 11.3 Å². The van der Waals surface area contributed by atoms with Gasteiger partial charge in [0.25, 0.3) is 5.56 Å². The van der Waals surface area contributed by atoms with E-state index >= 15 is 0 Å². The van der Waals surface area contributed by atoms with Crippen LogP contribution in [0.4, 0.5) is 0 Å². The second kappa shape index (κ2) is 6.74. The Balaban J connectivity index is 3.31. The molecule has 1 aromatic rings. The summed E-state index contributed by atoms with van der Waals surface area (Å²) in [5, 5.41) is 0. The minimum atomic E-state index is -0.917. The molecule has 0 radical (unpaired) electrons. The summed E-state index contributed by atoms with van der Waals surface area (Å²) < 4.78 is 6.18. The fourth-order valence-corrected chi connectivity index (χ4v) is 2.01. The molecule has 1 heterocycles. The number of aromatic amines is 1. The zero-order chi connectivity index (χ0) is 16.3. The second-order valence-electron chi connectivity index (χ2n) is 6.07. The van der Waals surface area contributed by atoms with Crippen molar-refractivity contribution < 1.29 is 9.53 Å². The normalized spacial score (nSPS) is 12.8. The molecule has 6 nitrogen and oxygen atoms in total. The van der Waals surface area contributed by atoms with E-state index in [0.29, 0.717) is 11.3 Å². The number of carbonyl (C=O) groups excluding carboxylic acids is 1. The van der Waals surface area contributed by atoms with Crippen LogP contribution in [0.15, 0.2) is 9.59 Å². The van der Waals surface area contributed by atoms with Gasteiger partial charge in [-0.2, -0.15) is 0 Å². The second-order valence-corrected chi connectivity index (χ2v) is 6.07. The smallest absolute Gasteiger partial charge is 0.329 e. The van der Waals surface area contributed by atoms with Crippen molar-refractivity contribution in [2.45, 2.75) is 47.6 Å². The van der Waals surface area contributed by atoms with Crippen molar-refractivity contribution in [3.63, 3.8) is 0 Å². The van der Waals surface area contributed by atoms with E-state index in [0.717, 1.165) is 4.57 Å². The van der Waals surface area contributed by atoms with Crippen LogP contribution in [0.25, 0.3) is 0 Å². The van der Waals surface area contributed by atoms with Gasteiger partial charge < -0.3 is 9.72 Å². The molecule has 0 spiro atoms. The molecule has 0 bridgehead atoms. The van der Waals surface area contributed by atoms with Crippen molar-refractivity contribution in [2.75, 3.05) is 6.61 Å². The molecule has 0 aliphatic carbocycles. The van der Waals surface area contributed by atoms with Crippen molar-refractivity contribution in [1.82, 2.24) is 9.55 Å². The van der Waals surface area contributed by atoms with E-state index in [9.17, 15) is 14.4 Å². The summed E-state index contributed by atoms with van der Waals surface area (Å²) in [4.78, 5) is 39.3. The molecule has 1 N–H and O–H groups in total. The van der Waals surface area contributed by atoms with E-state index in [4.69, 9.17) is 4.74 Å². The van der Waals surface area contributed by atoms with Crippen LogP contribution in [0.5, 0.6) is 0 Å². The number of rotatable bonds is 5. The average molecular weight is 296 g/mol. The number of H-pyrrole nitrogens is 1. The van der Waals surface area contributed by atoms with Crippen LogP contribution in [-0.4, -0.2) is 22.1 Å². The summed E-state index contributed by atoms with van der Waals surface area (Å²) in [5.41, 5.74) is -0.0871. The topological polar surface area (TPSA) is 81.2 Å². The molecule has 0 saturated carbocycles. The van der Waals surface area contributed by atoms with E-state index < -0.39 is 23.3 Å². The molecular weight excluding hydrogens is 272 g/mol. The minimum Gasteiger partial charge on any atom is -0.464 e. The van der Waals surface area contributed by atoms with Gasteiger partial charge in [-0.05, 0) is 25.7 Å². The molecule has 1 rings (SSSR count). The first-order valence-corrected chi connectivity index (χ1v) is 7.15. The number of esters is 1. The number of nitrogens with zero attached hydrogens (tertiary/aromatic N) is 1. The molecule has 118 valence electrons. The summed E-state index contributed by atoms with van der Waals surface area (Å²) >= 11 is 0. The van der Waals surface area contributed by atoms with Crippen LogP contribution in [0.1, 0.15) is 45.0 Å². The lowest BCUT2D eigenvalue weighted by atomic mass is 10.0. The molecule has 1 unspecified atom stereocenters. The van der Waals surface area contributed by atoms with Gasteiger partial charge in [-0.1, -0.05) is 27.7 Å². The Morgan fingerprint density at radius 3 is 2.24 bits per heavy atom. The first-order valence-electron chi connectivity index (χ1n) is 7.15. The lowest BCUT2D eigenvalue weighted by molar-refractivity contribution is -0.150. The molecule has 0 aliphatic rings. The van der Waals surface area contributed by atoms with Crippen molar-refractivity contribution in [1.29, 1.82) is 0 Å².